The van der Waals surface area contributed by atoms with Gasteiger partial charge in [0.05, 0.1) is 12.8 Å². The molecule has 0 aliphatic rings. The fourth-order valence-electron chi connectivity index (χ4n) is 3.79. The van der Waals surface area contributed by atoms with E-state index in [2.05, 4.69) is 34.7 Å². The van der Waals surface area contributed by atoms with Crippen molar-refractivity contribution in [1.29, 1.82) is 0 Å². The van der Waals surface area contributed by atoms with Crippen molar-refractivity contribution in [2.75, 3.05) is 17.7 Å². The summed E-state index contributed by atoms with van der Waals surface area (Å²) in [7, 11) is 1.65. The largest absolute Gasteiger partial charge is 0.497 e. The van der Waals surface area contributed by atoms with E-state index in [4.69, 9.17) is 4.74 Å². The van der Waals surface area contributed by atoms with Crippen molar-refractivity contribution < 1.29 is 9.53 Å². The van der Waals surface area contributed by atoms with Crippen LogP contribution in [0.1, 0.15) is 48.5 Å². The quantitative estimate of drug-likeness (QED) is 0.212. The Bertz CT molecular complexity index is 1230. The predicted molar refractivity (Wildman–Crippen MR) is 146 cm³/mol. The summed E-state index contributed by atoms with van der Waals surface area (Å²) in [5.41, 5.74) is 5.50. The van der Waals surface area contributed by atoms with Crippen LogP contribution in [0.4, 0.5) is 16.5 Å². The molecule has 0 atom stereocenters. The summed E-state index contributed by atoms with van der Waals surface area (Å²) in [5.74, 6) is 0.691. The molecule has 4 aromatic rings. The number of thiazole rings is 1. The third-order valence-corrected chi connectivity index (χ3v) is 6.56. The molecule has 0 radical (unpaired) electrons. The Kier molecular flexibility index (Phi) is 8.52. The van der Waals surface area contributed by atoms with Crippen LogP contribution in [0.5, 0.6) is 5.75 Å². The van der Waals surface area contributed by atoms with Crippen molar-refractivity contribution in [2.24, 2.45) is 0 Å². The van der Waals surface area contributed by atoms with Gasteiger partial charge in [-0.25, -0.2) is 4.98 Å². The van der Waals surface area contributed by atoms with Gasteiger partial charge in [-0.1, -0.05) is 56.5 Å². The highest BCUT2D eigenvalue weighted by Crippen LogP contribution is 2.29. The van der Waals surface area contributed by atoms with Crippen LogP contribution in [-0.2, 0) is 6.42 Å². The third kappa shape index (κ3) is 6.93. The van der Waals surface area contributed by atoms with Crippen LogP contribution in [0, 0.1) is 0 Å². The normalized spacial score (nSPS) is 10.7. The number of carbonyl (C=O) groups is 1. The molecule has 1 amide bonds. The highest BCUT2D eigenvalue weighted by Gasteiger charge is 2.09. The number of carbonyl (C=O) groups excluding carboxylic acids is 1. The zero-order chi connectivity index (χ0) is 24.5. The van der Waals surface area contributed by atoms with E-state index >= 15 is 0 Å². The number of methoxy groups -OCH3 is 1. The number of hydrogen-bond donors (Lipinski definition) is 2. The molecule has 1 aromatic heterocycles. The topological polar surface area (TPSA) is 63.2 Å². The highest BCUT2D eigenvalue weighted by molar-refractivity contribution is 7.14. The molecule has 4 rings (SSSR count). The second-order valence-electron chi connectivity index (χ2n) is 8.43. The van der Waals surface area contributed by atoms with Crippen LogP contribution in [0.3, 0.4) is 0 Å². The van der Waals surface area contributed by atoms with Gasteiger partial charge in [0.25, 0.3) is 5.91 Å². The third-order valence-electron chi connectivity index (χ3n) is 5.80. The monoisotopic (exact) mass is 485 g/mol. The Balaban J connectivity index is 1.33. The van der Waals surface area contributed by atoms with Crippen molar-refractivity contribution in [2.45, 2.75) is 39.0 Å². The molecule has 1 heterocycles. The molecule has 0 fully saturated rings. The smallest absolute Gasteiger partial charge is 0.255 e. The minimum Gasteiger partial charge on any atom is -0.497 e. The van der Waals surface area contributed by atoms with Crippen LogP contribution >= 0.6 is 11.3 Å². The molecule has 0 saturated heterocycles. The fraction of sp³-hybridized carbons (Fsp3) is 0.241. The average Bonchev–Trinajstić information content (AvgIpc) is 3.36. The summed E-state index contributed by atoms with van der Waals surface area (Å²) >= 11 is 1.54. The molecule has 180 valence electrons. The number of ether oxygens (including phenoxy) is 1. The Morgan fingerprint density at radius 1 is 0.943 bits per heavy atom. The van der Waals surface area contributed by atoms with Crippen LogP contribution in [0.25, 0.3) is 11.3 Å². The van der Waals surface area contributed by atoms with Gasteiger partial charge in [0.1, 0.15) is 5.75 Å². The minimum absolute atomic E-state index is 0.103. The number of rotatable bonds is 11. The van der Waals surface area contributed by atoms with Crippen LogP contribution in [0.2, 0.25) is 0 Å². The molecule has 3 aromatic carbocycles. The number of aryl methyl sites for hydroxylation is 1. The molecular weight excluding hydrogens is 454 g/mol. The number of nitrogens with one attached hydrogen (secondary N) is 2. The second-order valence-corrected chi connectivity index (χ2v) is 9.29. The summed E-state index contributed by atoms with van der Waals surface area (Å²) in [4.78, 5) is 17.4. The summed E-state index contributed by atoms with van der Waals surface area (Å²) in [6.07, 6.45) is 6.05. The van der Waals surface area contributed by atoms with Crippen molar-refractivity contribution in [3.05, 3.63) is 89.3 Å². The molecule has 6 heteroatoms. The first kappa shape index (κ1) is 24.5. The fourth-order valence-corrected chi connectivity index (χ4v) is 4.53. The second kappa shape index (κ2) is 12.2. The Morgan fingerprint density at radius 2 is 1.74 bits per heavy atom. The Labute approximate surface area is 211 Å². The summed E-state index contributed by atoms with van der Waals surface area (Å²) in [6, 6.07) is 23.4. The van der Waals surface area contributed by atoms with E-state index in [0.717, 1.165) is 39.9 Å². The molecule has 2 N–H and O–H groups in total. The highest BCUT2D eigenvalue weighted by atomic mass is 32.1. The zero-order valence-electron chi connectivity index (χ0n) is 20.2. The lowest BCUT2D eigenvalue weighted by atomic mass is 10.0. The summed E-state index contributed by atoms with van der Waals surface area (Å²) < 4.78 is 5.27. The van der Waals surface area contributed by atoms with Crippen molar-refractivity contribution in [3.8, 4) is 17.0 Å². The number of aromatic nitrogens is 1. The number of benzene rings is 3. The summed E-state index contributed by atoms with van der Waals surface area (Å²) in [6.45, 7) is 2.22. The number of unbranched alkanes of at least 4 members (excludes halogenated alkanes) is 3. The molecule has 0 aliphatic heterocycles. The number of nitrogens with zero attached hydrogens (tertiary/aromatic N) is 1. The van der Waals surface area contributed by atoms with E-state index in [1.54, 1.807) is 18.4 Å². The van der Waals surface area contributed by atoms with Gasteiger partial charge in [0, 0.05) is 33.9 Å². The van der Waals surface area contributed by atoms with Crippen molar-refractivity contribution >= 4 is 33.8 Å². The predicted octanol–water partition coefficient (Wildman–Crippen LogP) is 7.94. The SMILES string of the molecule is CCCCCCc1ccc(C(=O)Nc2ccc(-c3csc(Nc4cccc(OC)c4)n3)cc2)cc1. The van der Waals surface area contributed by atoms with Gasteiger partial charge in [-0.15, -0.1) is 11.3 Å². The molecule has 0 aliphatic carbocycles. The number of hydrogen-bond acceptors (Lipinski definition) is 5. The van der Waals surface area contributed by atoms with E-state index in [0.29, 0.717) is 5.56 Å². The van der Waals surface area contributed by atoms with Gasteiger partial charge in [-0.3, -0.25) is 4.79 Å². The van der Waals surface area contributed by atoms with Crippen LogP contribution in [0.15, 0.2) is 78.2 Å². The molecule has 35 heavy (non-hydrogen) atoms. The number of anilines is 3. The van der Waals surface area contributed by atoms with E-state index < -0.39 is 0 Å². The first-order chi connectivity index (χ1) is 17.1. The minimum atomic E-state index is -0.103. The standard InChI is InChI=1S/C29H31N3O2S/c1-3-4-5-6-8-21-11-13-23(14-12-21)28(33)30-24-17-15-22(16-18-24)27-20-35-29(32-27)31-25-9-7-10-26(19-25)34-2/h7,9-20H,3-6,8H2,1-2H3,(H,30,33)(H,31,32). The van der Waals surface area contributed by atoms with Gasteiger partial charge in [-0.2, -0.15) is 0 Å². The maximum atomic E-state index is 12.7. The van der Waals surface area contributed by atoms with Crippen molar-refractivity contribution in [1.82, 2.24) is 4.98 Å². The lowest BCUT2D eigenvalue weighted by molar-refractivity contribution is 0.102. The van der Waals surface area contributed by atoms with Gasteiger partial charge < -0.3 is 15.4 Å². The van der Waals surface area contributed by atoms with E-state index in [1.165, 1.54) is 31.2 Å². The van der Waals surface area contributed by atoms with Crippen LogP contribution in [-0.4, -0.2) is 18.0 Å². The molecule has 5 nitrogen and oxygen atoms in total. The maximum absolute atomic E-state index is 12.7. The molecule has 0 saturated carbocycles. The van der Waals surface area contributed by atoms with E-state index in [9.17, 15) is 4.79 Å². The van der Waals surface area contributed by atoms with Crippen molar-refractivity contribution in [3.63, 3.8) is 0 Å². The Hall–Kier alpha value is -3.64. The lowest BCUT2D eigenvalue weighted by Gasteiger charge is -2.07. The van der Waals surface area contributed by atoms with E-state index in [-0.39, 0.29) is 5.91 Å². The first-order valence-electron chi connectivity index (χ1n) is 12.0. The van der Waals surface area contributed by atoms with Gasteiger partial charge in [0.2, 0.25) is 0 Å². The molecule has 0 spiro atoms. The first-order valence-corrected chi connectivity index (χ1v) is 12.9. The van der Waals surface area contributed by atoms with Gasteiger partial charge in [0.15, 0.2) is 5.13 Å². The maximum Gasteiger partial charge on any atom is 0.255 e. The average molecular weight is 486 g/mol. The van der Waals surface area contributed by atoms with Gasteiger partial charge in [-0.05, 0) is 54.8 Å². The van der Waals surface area contributed by atoms with Crippen LogP contribution < -0.4 is 15.4 Å². The van der Waals surface area contributed by atoms with E-state index in [1.807, 2.05) is 66.0 Å². The Morgan fingerprint density at radius 3 is 2.49 bits per heavy atom. The molecule has 0 unspecified atom stereocenters. The molecule has 0 bridgehead atoms. The molecular formula is C29H31N3O2S. The summed E-state index contributed by atoms with van der Waals surface area (Å²) in [5, 5.41) is 9.12. The number of amides is 1. The lowest BCUT2D eigenvalue weighted by Crippen LogP contribution is -2.11. The van der Waals surface area contributed by atoms with Gasteiger partial charge >= 0.3 is 0 Å². The zero-order valence-corrected chi connectivity index (χ0v) is 21.0.